The van der Waals surface area contributed by atoms with Gasteiger partial charge in [-0.05, 0) is 30.7 Å². The maximum Gasteiger partial charge on any atom is 0.184 e. The van der Waals surface area contributed by atoms with Gasteiger partial charge in [0, 0.05) is 21.7 Å². The van der Waals surface area contributed by atoms with E-state index in [9.17, 15) is 0 Å². The average molecular weight is 385 g/mol. The predicted molar refractivity (Wildman–Crippen MR) is 116 cm³/mol. The first-order chi connectivity index (χ1) is 13.7. The molecule has 0 aliphatic rings. The summed E-state index contributed by atoms with van der Waals surface area (Å²) in [4.78, 5) is 0. The second kappa shape index (κ2) is 7.92. The van der Waals surface area contributed by atoms with E-state index in [1.54, 1.807) is 0 Å². The van der Waals surface area contributed by atoms with E-state index in [1.165, 1.54) is 0 Å². The van der Waals surface area contributed by atoms with Gasteiger partial charge in [0.2, 0.25) is 0 Å². The van der Waals surface area contributed by atoms with E-state index in [2.05, 4.69) is 36.4 Å². The Morgan fingerprint density at radius 3 is 1.43 bits per heavy atom. The quantitative estimate of drug-likeness (QED) is 0.336. The molecule has 0 N–H and O–H groups in total. The summed E-state index contributed by atoms with van der Waals surface area (Å²) in [5, 5.41) is 0.703. The number of benzene rings is 4. The molecule has 2 heteroatoms. The van der Waals surface area contributed by atoms with Crippen LogP contribution in [0.5, 0.6) is 5.75 Å². The largest absolute Gasteiger partial charge is 0.473 e. The van der Waals surface area contributed by atoms with Gasteiger partial charge in [0.1, 0.15) is 5.75 Å². The Bertz CT molecular complexity index is 947. The molecular formula is C26H21ClO. The Hall–Kier alpha value is -3.03. The predicted octanol–water partition coefficient (Wildman–Crippen LogP) is 7.02. The molecule has 0 unspecified atom stereocenters. The fourth-order valence-corrected chi connectivity index (χ4v) is 3.81. The lowest BCUT2D eigenvalue weighted by Gasteiger charge is -2.36. The van der Waals surface area contributed by atoms with Crippen molar-refractivity contribution >= 4 is 11.6 Å². The SMILES string of the molecule is Cc1cc(Cl)ccc1OC(c1ccccc1)(c1ccccc1)c1ccccc1. The smallest absolute Gasteiger partial charge is 0.184 e. The number of hydrogen-bond acceptors (Lipinski definition) is 1. The molecule has 0 fully saturated rings. The summed E-state index contributed by atoms with van der Waals surface area (Å²) in [6.45, 7) is 2.02. The van der Waals surface area contributed by atoms with Crippen LogP contribution in [0, 0.1) is 6.92 Å². The number of ether oxygens (including phenoxy) is 1. The molecular weight excluding hydrogens is 364 g/mol. The Morgan fingerprint density at radius 1 is 0.607 bits per heavy atom. The Kier molecular flexibility index (Phi) is 5.18. The van der Waals surface area contributed by atoms with E-state index in [0.717, 1.165) is 28.0 Å². The maximum atomic E-state index is 6.89. The molecule has 138 valence electrons. The van der Waals surface area contributed by atoms with Crippen LogP contribution in [0.15, 0.2) is 109 Å². The maximum absolute atomic E-state index is 6.89. The zero-order valence-corrected chi connectivity index (χ0v) is 16.4. The van der Waals surface area contributed by atoms with E-state index in [1.807, 2.05) is 79.7 Å². The van der Waals surface area contributed by atoms with Crippen LogP contribution in [0.3, 0.4) is 0 Å². The second-order valence-corrected chi connectivity index (χ2v) is 7.23. The van der Waals surface area contributed by atoms with Crippen molar-refractivity contribution in [1.82, 2.24) is 0 Å². The first kappa shape index (κ1) is 18.3. The lowest BCUT2D eigenvalue weighted by Crippen LogP contribution is -2.36. The summed E-state index contributed by atoms with van der Waals surface area (Å²) in [6, 6.07) is 36.8. The van der Waals surface area contributed by atoms with Gasteiger partial charge in [0.15, 0.2) is 5.60 Å². The van der Waals surface area contributed by atoms with E-state index < -0.39 is 5.60 Å². The van der Waals surface area contributed by atoms with Crippen molar-refractivity contribution in [3.05, 3.63) is 136 Å². The third-order valence-electron chi connectivity index (χ3n) is 4.94. The Morgan fingerprint density at radius 2 is 1.04 bits per heavy atom. The van der Waals surface area contributed by atoms with Crippen LogP contribution in [-0.2, 0) is 5.60 Å². The molecule has 0 aliphatic heterocycles. The van der Waals surface area contributed by atoms with Crippen LogP contribution in [0.2, 0.25) is 5.02 Å². The van der Waals surface area contributed by atoms with Crippen LogP contribution < -0.4 is 4.74 Å². The third kappa shape index (κ3) is 3.42. The fraction of sp³-hybridized carbons (Fsp3) is 0.0769. The molecule has 0 saturated carbocycles. The summed E-state index contributed by atoms with van der Waals surface area (Å²) in [5.74, 6) is 0.806. The molecule has 4 aromatic carbocycles. The highest BCUT2D eigenvalue weighted by Gasteiger charge is 2.39. The van der Waals surface area contributed by atoms with E-state index >= 15 is 0 Å². The van der Waals surface area contributed by atoms with Gasteiger partial charge < -0.3 is 4.74 Å². The molecule has 0 heterocycles. The molecule has 0 aliphatic carbocycles. The molecule has 4 aromatic rings. The van der Waals surface area contributed by atoms with Gasteiger partial charge in [-0.25, -0.2) is 0 Å². The fourth-order valence-electron chi connectivity index (χ4n) is 3.59. The number of aryl methyl sites for hydroxylation is 1. The van der Waals surface area contributed by atoms with Gasteiger partial charge in [-0.15, -0.1) is 0 Å². The molecule has 0 aromatic heterocycles. The van der Waals surface area contributed by atoms with Crippen molar-refractivity contribution in [3.8, 4) is 5.75 Å². The zero-order chi connectivity index (χ0) is 19.4. The van der Waals surface area contributed by atoms with Gasteiger partial charge in [0.25, 0.3) is 0 Å². The minimum atomic E-state index is -0.775. The van der Waals surface area contributed by atoms with Gasteiger partial charge in [-0.1, -0.05) is 103 Å². The van der Waals surface area contributed by atoms with Crippen LogP contribution >= 0.6 is 11.6 Å². The molecule has 0 atom stereocenters. The number of rotatable bonds is 5. The number of halogens is 1. The van der Waals surface area contributed by atoms with E-state index in [0.29, 0.717) is 5.02 Å². The molecule has 1 nitrogen and oxygen atoms in total. The van der Waals surface area contributed by atoms with E-state index in [-0.39, 0.29) is 0 Å². The highest BCUT2D eigenvalue weighted by molar-refractivity contribution is 6.30. The summed E-state index contributed by atoms with van der Waals surface area (Å²) in [6.07, 6.45) is 0. The Labute approximate surface area is 171 Å². The van der Waals surface area contributed by atoms with Crippen molar-refractivity contribution in [2.75, 3.05) is 0 Å². The molecule has 0 radical (unpaired) electrons. The summed E-state index contributed by atoms with van der Waals surface area (Å²) in [5.41, 5.74) is 3.44. The molecule has 0 bridgehead atoms. The lowest BCUT2D eigenvalue weighted by molar-refractivity contribution is 0.154. The van der Waals surface area contributed by atoms with Crippen molar-refractivity contribution in [1.29, 1.82) is 0 Å². The van der Waals surface area contributed by atoms with Gasteiger partial charge in [-0.2, -0.15) is 0 Å². The van der Waals surface area contributed by atoms with Gasteiger partial charge in [0.05, 0.1) is 0 Å². The minimum absolute atomic E-state index is 0.703. The van der Waals surface area contributed by atoms with Crippen molar-refractivity contribution < 1.29 is 4.74 Å². The topological polar surface area (TPSA) is 9.23 Å². The van der Waals surface area contributed by atoms with Gasteiger partial charge >= 0.3 is 0 Å². The molecule has 0 spiro atoms. The third-order valence-corrected chi connectivity index (χ3v) is 5.18. The van der Waals surface area contributed by atoms with Gasteiger partial charge in [-0.3, -0.25) is 0 Å². The van der Waals surface area contributed by atoms with Crippen LogP contribution in [0.1, 0.15) is 22.3 Å². The molecule has 4 rings (SSSR count). The minimum Gasteiger partial charge on any atom is -0.473 e. The molecule has 28 heavy (non-hydrogen) atoms. The Balaban J connectivity index is 2.01. The van der Waals surface area contributed by atoms with E-state index in [4.69, 9.17) is 16.3 Å². The second-order valence-electron chi connectivity index (χ2n) is 6.79. The zero-order valence-electron chi connectivity index (χ0n) is 15.7. The monoisotopic (exact) mass is 384 g/mol. The van der Waals surface area contributed by atoms with Crippen LogP contribution in [0.25, 0.3) is 0 Å². The highest BCUT2D eigenvalue weighted by Crippen LogP contribution is 2.42. The van der Waals surface area contributed by atoms with Crippen molar-refractivity contribution in [2.24, 2.45) is 0 Å². The normalized spacial score (nSPS) is 11.2. The summed E-state index contributed by atoms with van der Waals surface area (Å²) in [7, 11) is 0. The van der Waals surface area contributed by atoms with Crippen molar-refractivity contribution in [3.63, 3.8) is 0 Å². The van der Waals surface area contributed by atoms with Crippen LogP contribution in [-0.4, -0.2) is 0 Å². The summed E-state index contributed by atoms with van der Waals surface area (Å²) >= 11 is 6.18. The summed E-state index contributed by atoms with van der Waals surface area (Å²) < 4.78 is 6.89. The highest BCUT2D eigenvalue weighted by atomic mass is 35.5. The molecule has 0 saturated heterocycles. The van der Waals surface area contributed by atoms with Crippen molar-refractivity contribution in [2.45, 2.75) is 12.5 Å². The first-order valence-corrected chi connectivity index (χ1v) is 9.70. The molecule has 0 amide bonds. The lowest BCUT2D eigenvalue weighted by atomic mass is 9.80. The average Bonchev–Trinajstić information content (AvgIpc) is 2.75. The number of hydrogen-bond donors (Lipinski definition) is 0. The standard InChI is InChI=1S/C26H21ClO/c1-20-19-24(27)17-18-25(20)28-26(21-11-5-2-6-12-21,22-13-7-3-8-14-22)23-15-9-4-10-16-23/h2-19H,1H3. The first-order valence-electron chi connectivity index (χ1n) is 9.32. The van der Waals surface area contributed by atoms with Crippen LogP contribution in [0.4, 0.5) is 0 Å².